The maximum absolute atomic E-state index is 12.7. The minimum Gasteiger partial charge on any atom is -0.480 e. The van der Waals surface area contributed by atoms with E-state index in [1.54, 1.807) is 19.2 Å². The van der Waals surface area contributed by atoms with Gasteiger partial charge in [0.25, 0.3) is 5.91 Å². The number of hydrogen-bond donors (Lipinski definition) is 0. The van der Waals surface area contributed by atoms with Crippen LogP contribution in [0.1, 0.15) is 43.1 Å². The van der Waals surface area contributed by atoms with Crippen molar-refractivity contribution in [3.05, 3.63) is 47.5 Å². The smallest absolute Gasteiger partial charge is 0.253 e. The van der Waals surface area contributed by atoms with Gasteiger partial charge in [-0.15, -0.1) is 10.2 Å². The minimum absolute atomic E-state index is 0.0392. The Kier molecular flexibility index (Phi) is 5.11. The number of rotatable bonds is 4. The van der Waals surface area contributed by atoms with Crippen LogP contribution in [0.2, 0.25) is 0 Å². The lowest BCUT2D eigenvalue weighted by atomic mass is 9.86. The highest BCUT2D eigenvalue weighted by Crippen LogP contribution is 2.24. The average molecular weight is 355 g/mol. The molecule has 138 valence electrons. The predicted octanol–water partition coefficient (Wildman–Crippen LogP) is 3.08. The van der Waals surface area contributed by atoms with Gasteiger partial charge in [-0.25, -0.2) is 0 Å². The highest BCUT2D eigenvalue weighted by molar-refractivity contribution is 5.94. The summed E-state index contributed by atoms with van der Waals surface area (Å²) in [5, 5.41) is 7.86. The van der Waals surface area contributed by atoms with E-state index in [0.29, 0.717) is 30.4 Å². The van der Waals surface area contributed by atoms with Crippen molar-refractivity contribution in [1.82, 2.24) is 15.1 Å². The normalized spacial score (nSPS) is 17.2. The molecule has 0 aliphatic carbocycles. The summed E-state index contributed by atoms with van der Waals surface area (Å²) in [7, 11) is 1.54. The maximum Gasteiger partial charge on any atom is 0.253 e. The Morgan fingerprint density at radius 3 is 2.31 bits per heavy atom. The van der Waals surface area contributed by atoms with Gasteiger partial charge in [-0.3, -0.25) is 4.79 Å². The van der Waals surface area contributed by atoms with Crippen LogP contribution in [0.4, 0.5) is 0 Å². The number of ether oxygens (including phenoxy) is 2. The summed E-state index contributed by atoms with van der Waals surface area (Å²) in [5.41, 5.74) is 2.01. The quantitative estimate of drug-likeness (QED) is 0.843. The van der Waals surface area contributed by atoms with Gasteiger partial charge in [0, 0.05) is 30.7 Å². The fraction of sp³-hybridized carbons (Fsp3) is 0.450. The van der Waals surface area contributed by atoms with Crippen molar-refractivity contribution >= 4 is 5.91 Å². The first-order chi connectivity index (χ1) is 12.4. The number of carbonyl (C=O) groups excluding carboxylic acids is 1. The molecule has 0 saturated carbocycles. The molecule has 1 aliphatic heterocycles. The summed E-state index contributed by atoms with van der Waals surface area (Å²) >= 11 is 0. The van der Waals surface area contributed by atoms with Crippen LogP contribution in [0, 0.1) is 0 Å². The monoisotopic (exact) mass is 355 g/mol. The van der Waals surface area contributed by atoms with Gasteiger partial charge in [-0.2, -0.15) is 0 Å². The van der Waals surface area contributed by atoms with Crippen LogP contribution >= 0.6 is 0 Å². The van der Waals surface area contributed by atoms with E-state index in [9.17, 15) is 4.79 Å². The summed E-state index contributed by atoms with van der Waals surface area (Å²) in [6.45, 7) is 7.71. The fourth-order valence-electron chi connectivity index (χ4n) is 2.95. The van der Waals surface area contributed by atoms with Crippen LogP contribution in [0.25, 0.3) is 0 Å². The molecule has 1 aliphatic rings. The third-order valence-corrected chi connectivity index (χ3v) is 4.54. The first-order valence-corrected chi connectivity index (χ1v) is 8.81. The van der Waals surface area contributed by atoms with Crippen molar-refractivity contribution in [3.63, 3.8) is 0 Å². The summed E-state index contributed by atoms with van der Waals surface area (Å²) in [6, 6.07) is 11.3. The molecule has 1 aromatic carbocycles. The van der Waals surface area contributed by atoms with Gasteiger partial charge < -0.3 is 14.4 Å². The van der Waals surface area contributed by atoms with E-state index >= 15 is 0 Å². The highest BCUT2D eigenvalue weighted by atomic mass is 16.5. The zero-order chi connectivity index (χ0) is 18.7. The molecule has 3 rings (SSSR count). The van der Waals surface area contributed by atoms with Crippen molar-refractivity contribution in [2.45, 2.75) is 38.7 Å². The summed E-state index contributed by atoms with van der Waals surface area (Å²) in [6.07, 6.45) is 0.704. The molecule has 1 aromatic heterocycles. The second kappa shape index (κ2) is 7.32. The van der Waals surface area contributed by atoms with Gasteiger partial charge in [0.15, 0.2) is 0 Å². The van der Waals surface area contributed by atoms with Gasteiger partial charge >= 0.3 is 0 Å². The zero-order valence-corrected chi connectivity index (χ0v) is 15.7. The van der Waals surface area contributed by atoms with Crippen molar-refractivity contribution in [2.24, 2.45) is 0 Å². The lowest BCUT2D eigenvalue weighted by molar-refractivity contribution is 0.0771. The topological polar surface area (TPSA) is 64.6 Å². The Labute approximate surface area is 154 Å². The third kappa shape index (κ3) is 4.12. The van der Waals surface area contributed by atoms with E-state index in [1.807, 2.05) is 29.2 Å². The molecule has 2 aromatic rings. The molecule has 1 atom stereocenters. The molecular weight excluding hydrogens is 330 g/mol. The Balaban J connectivity index is 1.59. The third-order valence-electron chi connectivity index (χ3n) is 4.54. The van der Waals surface area contributed by atoms with E-state index in [0.717, 1.165) is 6.42 Å². The number of amides is 1. The Hall–Kier alpha value is -2.63. The number of benzene rings is 1. The molecule has 1 fully saturated rings. The van der Waals surface area contributed by atoms with Crippen LogP contribution < -0.4 is 9.47 Å². The highest BCUT2D eigenvalue weighted by Gasteiger charge is 2.28. The number of likely N-dealkylation sites (tertiary alicyclic amines) is 1. The van der Waals surface area contributed by atoms with Crippen molar-refractivity contribution < 1.29 is 14.3 Å². The number of carbonyl (C=O) groups is 1. The summed E-state index contributed by atoms with van der Waals surface area (Å²) in [5.74, 6) is 0.927. The van der Waals surface area contributed by atoms with Crippen LogP contribution in [0.15, 0.2) is 36.4 Å². The largest absolute Gasteiger partial charge is 0.480 e. The lowest BCUT2D eigenvalue weighted by Gasteiger charge is -2.20. The van der Waals surface area contributed by atoms with Gasteiger partial charge in [0.2, 0.25) is 11.8 Å². The maximum atomic E-state index is 12.7. The van der Waals surface area contributed by atoms with Crippen LogP contribution in [0.5, 0.6) is 11.8 Å². The number of aromatic nitrogens is 2. The van der Waals surface area contributed by atoms with E-state index in [4.69, 9.17) is 9.47 Å². The molecule has 6 heteroatoms. The average Bonchev–Trinajstić information content (AvgIpc) is 3.09. The number of hydrogen-bond acceptors (Lipinski definition) is 5. The van der Waals surface area contributed by atoms with E-state index in [-0.39, 0.29) is 17.4 Å². The van der Waals surface area contributed by atoms with Crippen molar-refractivity contribution in [3.8, 4) is 11.8 Å². The second-order valence-corrected chi connectivity index (χ2v) is 7.52. The molecule has 1 unspecified atom stereocenters. The van der Waals surface area contributed by atoms with E-state index < -0.39 is 0 Å². The molecule has 0 bridgehead atoms. The Morgan fingerprint density at radius 1 is 1.08 bits per heavy atom. The molecule has 0 N–H and O–H groups in total. The second-order valence-electron chi connectivity index (χ2n) is 7.52. The summed E-state index contributed by atoms with van der Waals surface area (Å²) in [4.78, 5) is 14.5. The molecule has 1 saturated heterocycles. The minimum atomic E-state index is -0.0736. The number of methoxy groups -OCH3 is 1. The van der Waals surface area contributed by atoms with Crippen LogP contribution in [-0.2, 0) is 5.41 Å². The summed E-state index contributed by atoms with van der Waals surface area (Å²) < 4.78 is 10.8. The van der Waals surface area contributed by atoms with E-state index in [1.165, 1.54) is 5.56 Å². The first-order valence-electron chi connectivity index (χ1n) is 8.81. The fourth-order valence-corrected chi connectivity index (χ4v) is 2.95. The van der Waals surface area contributed by atoms with Crippen molar-refractivity contribution in [1.29, 1.82) is 0 Å². The van der Waals surface area contributed by atoms with Gasteiger partial charge in [-0.1, -0.05) is 32.9 Å². The predicted molar refractivity (Wildman–Crippen MR) is 98.7 cm³/mol. The first kappa shape index (κ1) is 18.2. The molecule has 2 heterocycles. The van der Waals surface area contributed by atoms with Gasteiger partial charge in [0.05, 0.1) is 13.7 Å². The van der Waals surface area contributed by atoms with Crippen LogP contribution in [0.3, 0.4) is 0 Å². The molecule has 1 amide bonds. The van der Waals surface area contributed by atoms with E-state index in [2.05, 4.69) is 31.0 Å². The zero-order valence-electron chi connectivity index (χ0n) is 15.7. The Bertz CT molecular complexity index is 751. The van der Waals surface area contributed by atoms with Gasteiger partial charge in [-0.05, 0) is 23.1 Å². The number of nitrogens with zero attached hydrogens (tertiary/aromatic N) is 3. The van der Waals surface area contributed by atoms with Crippen LogP contribution in [-0.4, -0.2) is 47.3 Å². The molecule has 0 spiro atoms. The Morgan fingerprint density at radius 2 is 1.73 bits per heavy atom. The molecular formula is C20H25N3O3. The SMILES string of the molecule is COc1ccc(OC2CCN(C(=O)c3ccc(C(C)(C)C)cc3)C2)nn1. The molecule has 0 radical (unpaired) electrons. The lowest BCUT2D eigenvalue weighted by Crippen LogP contribution is -2.31. The molecule has 6 nitrogen and oxygen atoms in total. The standard InChI is InChI=1S/C20H25N3O3/c1-20(2,3)15-7-5-14(6-8-15)19(24)23-12-11-16(13-23)26-18-10-9-17(25-4)21-22-18/h5-10,16H,11-13H2,1-4H3. The van der Waals surface area contributed by atoms with Gasteiger partial charge in [0.1, 0.15) is 6.10 Å². The van der Waals surface area contributed by atoms with Crippen molar-refractivity contribution in [2.75, 3.05) is 20.2 Å². The molecule has 26 heavy (non-hydrogen) atoms.